The Morgan fingerprint density at radius 1 is 1.04 bits per heavy atom. The quantitative estimate of drug-likeness (QED) is 0.496. The molecule has 27 heavy (non-hydrogen) atoms. The van der Waals surface area contributed by atoms with E-state index < -0.39 is 14.9 Å². The zero-order valence-corrected chi connectivity index (χ0v) is 15.7. The zero-order chi connectivity index (χ0) is 19.6. The molecular formula is C19H19N3O4S. The van der Waals surface area contributed by atoms with Gasteiger partial charge >= 0.3 is 0 Å². The van der Waals surface area contributed by atoms with Crippen LogP contribution in [0.15, 0.2) is 65.6 Å². The number of anilines is 1. The van der Waals surface area contributed by atoms with Crippen LogP contribution in [0.1, 0.15) is 18.5 Å². The van der Waals surface area contributed by atoms with Gasteiger partial charge in [0, 0.05) is 12.1 Å². The number of nitro groups is 1. The van der Waals surface area contributed by atoms with E-state index in [1.54, 1.807) is 0 Å². The molecule has 0 amide bonds. The van der Waals surface area contributed by atoms with Crippen molar-refractivity contribution in [1.29, 1.82) is 0 Å². The molecule has 0 bridgehead atoms. The van der Waals surface area contributed by atoms with Crippen LogP contribution in [0.5, 0.6) is 0 Å². The van der Waals surface area contributed by atoms with Gasteiger partial charge in [0.1, 0.15) is 5.69 Å². The third-order valence-electron chi connectivity index (χ3n) is 4.41. The molecule has 8 heteroatoms. The molecule has 3 rings (SSSR count). The Balaban J connectivity index is 2.00. The van der Waals surface area contributed by atoms with E-state index in [-0.39, 0.29) is 22.3 Å². The summed E-state index contributed by atoms with van der Waals surface area (Å²) in [5.74, 6) is 0. The van der Waals surface area contributed by atoms with E-state index in [0.717, 1.165) is 22.4 Å². The van der Waals surface area contributed by atoms with Crippen molar-refractivity contribution in [2.24, 2.45) is 0 Å². The average molecular weight is 385 g/mol. The molecule has 0 aliphatic heterocycles. The molecule has 0 aliphatic carbocycles. The first-order chi connectivity index (χ1) is 12.8. The highest BCUT2D eigenvalue weighted by Gasteiger charge is 2.22. The summed E-state index contributed by atoms with van der Waals surface area (Å²) in [6.45, 7) is 1.91. The average Bonchev–Trinajstić information content (AvgIpc) is 2.67. The number of nitrogens with zero attached hydrogens (tertiary/aromatic N) is 1. The van der Waals surface area contributed by atoms with Crippen molar-refractivity contribution >= 4 is 32.2 Å². The Kier molecular flexibility index (Phi) is 5.11. The van der Waals surface area contributed by atoms with Gasteiger partial charge < -0.3 is 5.32 Å². The number of rotatable bonds is 6. The van der Waals surface area contributed by atoms with Crippen molar-refractivity contribution in [3.63, 3.8) is 0 Å². The van der Waals surface area contributed by atoms with Gasteiger partial charge in [-0.15, -0.1) is 0 Å². The lowest BCUT2D eigenvalue weighted by molar-refractivity contribution is -0.384. The van der Waals surface area contributed by atoms with E-state index in [0.29, 0.717) is 0 Å². The van der Waals surface area contributed by atoms with Crippen LogP contribution in [0, 0.1) is 10.1 Å². The van der Waals surface area contributed by atoms with Gasteiger partial charge in [-0.3, -0.25) is 10.1 Å². The maximum atomic E-state index is 11.9. The van der Waals surface area contributed by atoms with Crippen LogP contribution >= 0.6 is 0 Å². The fraction of sp³-hybridized carbons (Fsp3) is 0.158. The molecule has 2 N–H and O–H groups in total. The van der Waals surface area contributed by atoms with Crippen molar-refractivity contribution in [2.75, 3.05) is 12.4 Å². The molecule has 140 valence electrons. The molecule has 0 heterocycles. The van der Waals surface area contributed by atoms with Crippen LogP contribution in [0.4, 0.5) is 11.4 Å². The highest BCUT2D eigenvalue weighted by molar-refractivity contribution is 7.89. The van der Waals surface area contributed by atoms with Gasteiger partial charge in [-0.25, -0.2) is 13.1 Å². The highest BCUT2D eigenvalue weighted by atomic mass is 32.2. The summed E-state index contributed by atoms with van der Waals surface area (Å²) in [7, 11) is -2.50. The molecule has 0 unspecified atom stereocenters. The predicted octanol–water partition coefficient (Wildman–Crippen LogP) is 3.83. The van der Waals surface area contributed by atoms with Crippen LogP contribution < -0.4 is 10.0 Å². The highest BCUT2D eigenvalue weighted by Crippen LogP contribution is 2.32. The molecule has 3 aromatic rings. The number of nitro benzene ring substituents is 1. The van der Waals surface area contributed by atoms with Crippen LogP contribution in [-0.2, 0) is 10.0 Å². The monoisotopic (exact) mass is 385 g/mol. The minimum Gasteiger partial charge on any atom is -0.373 e. The van der Waals surface area contributed by atoms with Crippen molar-refractivity contribution in [1.82, 2.24) is 4.72 Å². The largest absolute Gasteiger partial charge is 0.373 e. The van der Waals surface area contributed by atoms with Gasteiger partial charge in [-0.1, -0.05) is 42.5 Å². The minimum atomic E-state index is -3.76. The second-order valence-corrected chi connectivity index (χ2v) is 7.96. The first-order valence-corrected chi connectivity index (χ1v) is 9.78. The van der Waals surface area contributed by atoms with Crippen LogP contribution in [0.25, 0.3) is 10.8 Å². The van der Waals surface area contributed by atoms with Gasteiger partial charge in [-0.2, -0.15) is 0 Å². The fourth-order valence-electron chi connectivity index (χ4n) is 3.01. The Morgan fingerprint density at radius 2 is 1.74 bits per heavy atom. The van der Waals surface area contributed by atoms with Crippen LogP contribution in [0.3, 0.4) is 0 Å². The second kappa shape index (κ2) is 7.34. The zero-order valence-electron chi connectivity index (χ0n) is 14.8. The summed E-state index contributed by atoms with van der Waals surface area (Å²) in [6, 6.07) is 17.4. The van der Waals surface area contributed by atoms with E-state index in [1.807, 2.05) is 49.4 Å². The summed E-state index contributed by atoms with van der Waals surface area (Å²) in [4.78, 5) is 10.7. The third-order valence-corrected chi connectivity index (χ3v) is 5.82. The Bertz CT molecular complexity index is 1110. The fourth-order valence-corrected chi connectivity index (χ4v) is 3.76. The number of hydrogen-bond acceptors (Lipinski definition) is 5. The number of benzene rings is 3. The smallest absolute Gasteiger partial charge is 0.293 e. The topological polar surface area (TPSA) is 101 Å². The lowest BCUT2D eigenvalue weighted by Crippen LogP contribution is -2.19. The van der Waals surface area contributed by atoms with E-state index in [9.17, 15) is 18.5 Å². The summed E-state index contributed by atoms with van der Waals surface area (Å²) >= 11 is 0. The molecule has 7 nitrogen and oxygen atoms in total. The molecule has 0 saturated heterocycles. The van der Waals surface area contributed by atoms with Gasteiger partial charge in [0.2, 0.25) is 10.0 Å². The lowest BCUT2D eigenvalue weighted by atomic mass is 9.99. The molecule has 0 spiro atoms. The van der Waals surface area contributed by atoms with Gasteiger partial charge in [0.05, 0.1) is 9.82 Å². The first-order valence-electron chi connectivity index (χ1n) is 8.29. The minimum absolute atomic E-state index is 0.153. The Morgan fingerprint density at radius 3 is 2.44 bits per heavy atom. The molecule has 0 saturated carbocycles. The number of nitrogens with one attached hydrogen (secondary N) is 2. The standard InChI is InChI=1S/C19H19N3O4S/c1-13(16-9-5-7-14-6-3-4-8-17(14)16)21-18-11-10-15(27(25,26)20-2)12-19(18)22(23)24/h3-13,20-21H,1-2H3/t13-/m0/s1. The Labute approximate surface area is 157 Å². The van der Waals surface area contributed by atoms with Gasteiger partial charge in [0.15, 0.2) is 0 Å². The summed E-state index contributed by atoms with van der Waals surface area (Å²) in [5, 5.41) is 16.7. The van der Waals surface area contributed by atoms with E-state index in [2.05, 4.69) is 10.0 Å². The maximum absolute atomic E-state index is 11.9. The van der Waals surface area contributed by atoms with E-state index in [1.165, 1.54) is 19.2 Å². The van der Waals surface area contributed by atoms with Crippen molar-refractivity contribution < 1.29 is 13.3 Å². The number of sulfonamides is 1. The van der Waals surface area contributed by atoms with Crippen molar-refractivity contribution in [2.45, 2.75) is 17.9 Å². The van der Waals surface area contributed by atoms with Crippen LogP contribution in [0.2, 0.25) is 0 Å². The second-order valence-electron chi connectivity index (χ2n) is 6.08. The van der Waals surface area contributed by atoms with Gasteiger partial charge in [0.25, 0.3) is 5.69 Å². The number of hydrogen-bond donors (Lipinski definition) is 2. The molecule has 0 radical (unpaired) electrons. The molecule has 0 aliphatic rings. The van der Waals surface area contributed by atoms with E-state index in [4.69, 9.17) is 0 Å². The maximum Gasteiger partial charge on any atom is 0.293 e. The summed E-state index contributed by atoms with van der Waals surface area (Å²) in [6.07, 6.45) is 0. The van der Waals surface area contributed by atoms with Gasteiger partial charge in [-0.05, 0) is 42.4 Å². The lowest BCUT2D eigenvalue weighted by Gasteiger charge is -2.18. The van der Waals surface area contributed by atoms with Crippen LogP contribution in [-0.4, -0.2) is 20.4 Å². The molecule has 1 atom stereocenters. The molecule has 0 aromatic heterocycles. The van der Waals surface area contributed by atoms with E-state index >= 15 is 0 Å². The molecule has 3 aromatic carbocycles. The van der Waals surface area contributed by atoms with Crippen molar-refractivity contribution in [3.8, 4) is 0 Å². The predicted molar refractivity (Wildman–Crippen MR) is 105 cm³/mol. The summed E-state index contributed by atoms with van der Waals surface area (Å²) in [5.41, 5.74) is 0.961. The third kappa shape index (κ3) is 3.76. The normalized spacial score (nSPS) is 12.7. The summed E-state index contributed by atoms with van der Waals surface area (Å²) < 4.78 is 26.0. The SMILES string of the molecule is CNS(=O)(=O)c1ccc(N[C@@H](C)c2cccc3ccccc23)c([N+](=O)[O-])c1. The molecule has 0 fully saturated rings. The number of fused-ring (bicyclic) bond motifs is 1. The van der Waals surface area contributed by atoms with Crippen molar-refractivity contribution in [3.05, 3.63) is 76.3 Å². The molecular weight excluding hydrogens is 366 g/mol. The Hall–Kier alpha value is -2.97. The first kappa shape index (κ1) is 18.8.